The van der Waals surface area contributed by atoms with E-state index in [-0.39, 0.29) is 5.82 Å². The summed E-state index contributed by atoms with van der Waals surface area (Å²) < 4.78 is 14.5. The summed E-state index contributed by atoms with van der Waals surface area (Å²) in [6, 6.07) is 16.8. The van der Waals surface area contributed by atoms with Crippen LogP contribution >= 0.6 is 0 Å². The number of halogens is 1. The molecule has 6 rings (SSSR count). The van der Waals surface area contributed by atoms with Gasteiger partial charge in [-0.15, -0.1) is 0 Å². The molecule has 0 amide bonds. The number of rotatable bonds is 5. The fraction of sp³-hybridized carbons (Fsp3) is 0.111. The molecule has 8 heteroatoms. The molecule has 0 atom stereocenters. The van der Waals surface area contributed by atoms with E-state index in [0.29, 0.717) is 22.9 Å². The molecule has 0 aliphatic carbocycles. The van der Waals surface area contributed by atoms with Crippen molar-refractivity contribution in [3.8, 4) is 33.8 Å². The number of hydrogen-bond acceptors (Lipinski definition) is 5. The lowest BCUT2D eigenvalue weighted by Crippen LogP contribution is -2.09. The highest BCUT2D eigenvalue weighted by atomic mass is 19.1. The number of fused-ring (bicyclic) bond motifs is 2. The van der Waals surface area contributed by atoms with Gasteiger partial charge in [0.05, 0.1) is 22.6 Å². The van der Waals surface area contributed by atoms with Crippen molar-refractivity contribution in [2.45, 2.75) is 19.9 Å². The minimum Gasteiger partial charge on any atom is -0.382 e. The van der Waals surface area contributed by atoms with E-state index in [4.69, 9.17) is 4.98 Å². The van der Waals surface area contributed by atoms with Crippen molar-refractivity contribution >= 4 is 27.8 Å². The van der Waals surface area contributed by atoms with Crippen LogP contribution in [0.15, 0.2) is 73.2 Å². The summed E-state index contributed by atoms with van der Waals surface area (Å²) in [6.07, 6.45) is 5.28. The van der Waals surface area contributed by atoms with Crippen LogP contribution in [0.3, 0.4) is 0 Å². The molecule has 7 nitrogen and oxygen atoms in total. The molecule has 5 aromatic heterocycles. The summed E-state index contributed by atoms with van der Waals surface area (Å²) in [5.74, 6) is -0.276. The maximum Gasteiger partial charge on any atom is 0.138 e. The molecule has 0 radical (unpaired) electrons. The zero-order chi connectivity index (χ0) is 23.9. The Hall–Kier alpha value is -4.59. The zero-order valence-electron chi connectivity index (χ0n) is 19.2. The Morgan fingerprint density at radius 2 is 1.86 bits per heavy atom. The molecule has 0 aliphatic rings. The molecule has 0 aliphatic heterocycles. The number of nitrogens with one attached hydrogen (secondary N) is 3. The Morgan fingerprint density at radius 3 is 2.71 bits per heavy atom. The molecule has 0 saturated carbocycles. The van der Waals surface area contributed by atoms with Gasteiger partial charge < -0.3 is 10.3 Å². The van der Waals surface area contributed by atoms with Gasteiger partial charge in [0.1, 0.15) is 22.7 Å². The lowest BCUT2D eigenvalue weighted by molar-refractivity contribution is 0.631. The Bertz CT molecular complexity index is 1680. The summed E-state index contributed by atoms with van der Waals surface area (Å²) in [7, 11) is 0. The molecular weight excluding hydrogens is 441 g/mol. The molecule has 0 bridgehead atoms. The van der Waals surface area contributed by atoms with Crippen LogP contribution in [0.25, 0.3) is 55.8 Å². The topological polar surface area (TPSA) is 95.2 Å². The van der Waals surface area contributed by atoms with Gasteiger partial charge in [-0.25, -0.2) is 14.4 Å². The minimum absolute atomic E-state index is 0.276. The van der Waals surface area contributed by atoms with E-state index in [2.05, 4.69) is 44.3 Å². The lowest BCUT2D eigenvalue weighted by Gasteiger charge is -2.10. The van der Waals surface area contributed by atoms with Gasteiger partial charge in [0.2, 0.25) is 0 Å². The molecule has 6 aromatic rings. The molecule has 0 saturated heterocycles. The Balaban J connectivity index is 1.46. The third kappa shape index (κ3) is 3.78. The monoisotopic (exact) mass is 463 g/mol. The summed E-state index contributed by atoms with van der Waals surface area (Å²) in [5, 5.41) is 11.8. The first-order valence-electron chi connectivity index (χ1n) is 11.4. The normalized spacial score (nSPS) is 11.5. The third-order valence-electron chi connectivity index (χ3n) is 5.85. The number of anilines is 1. The molecule has 0 spiro atoms. The van der Waals surface area contributed by atoms with E-state index >= 15 is 0 Å². The van der Waals surface area contributed by atoms with E-state index in [1.165, 1.54) is 6.07 Å². The number of nitrogens with zero attached hydrogens (tertiary/aromatic N) is 4. The standard InChI is InChI=1S/C27H22FN7/c1-15(2)31-17-11-16(13-29-14-17)22-7-8-23-25(32-22)26(35-34-23)24-12-20-18(9-10-30-27(20)33-24)19-5-3-4-6-21(19)28/h3-15,31H,1-2H3,(H,30,33)(H,34,35). The van der Waals surface area contributed by atoms with Gasteiger partial charge in [-0.3, -0.25) is 10.1 Å². The average molecular weight is 464 g/mol. The number of benzene rings is 1. The number of aromatic nitrogens is 6. The molecular formula is C27H22FN7. The van der Waals surface area contributed by atoms with Gasteiger partial charge >= 0.3 is 0 Å². The first kappa shape index (κ1) is 21.0. The first-order valence-corrected chi connectivity index (χ1v) is 11.4. The first-order chi connectivity index (χ1) is 17.1. The number of pyridine rings is 3. The maximum atomic E-state index is 14.5. The highest BCUT2D eigenvalue weighted by Gasteiger charge is 2.17. The van der Waals surface area contributed by atoms with Crippen LogP contribution in [0.1, 0.15) is 13.8 Å². The highest BCUT2D eigenvalue weighted by molar-refractivity contribution is 5.99. The number of hydrogen-bond donors (Lipinski definition) is 3. The molecule has 0 unspecified atom stereocenters. The van der Waals surface area contributed by atoms with Crippen molar-refractivity contribution in [2.24, 2.45) is 0 Å². The van der Waals surface area contributed by atoms with Crippen LogP contribution in [-0.2, 0) is 0 Å². The average Bonchev–Trinajstić information content (AvgIpc) is 3.47. The summed E-state index contributed by atoms with van der Waals surface area (Å²) in [5.41, 5.74) is 7.55. The molecule has 172 valence electrons. The Kier molecular flexibility index (Phi) is 4.99. The van der Waals surface area contributed by atoms with Crippen molar-refractivity contribution in [3.63, 3.8) is 0 Å². The fourth-order valence-corrected chi connectivity index (χ4v) is 4.31. The van der Waals surface area contributed by atoms with Crippen molar-refractivity contribution in [1.29, 1.82) is 0 Å². The van der Waals surface area contributed by atoms with Crippen molar-refractivity contribution in [2.75, 3.05) is 5.32 Å². The van der Waals surface area contributed by atoms with Crippen LogP contribution in [0.5, 0.6) is 0 Å². The van der Waals surface area contributed by atoms with Crippen LogP contribution < -0.4 is 5.32 Å². The quantitative estimate of drug-likeness (QED) is 0.283. The van der Waals surface area contributed by atoms with E-state index in [9.17, 15) is 4.39 Å². The second-order valence-electron chi connectivity index (χ2n) is 8.71. The van der Waals surface area contributed by atoms with Gasteiger partial charge in [0.15, 0.2) is 0 Å². The predicted octanol–water partition coefficient (Wildman–Crippen LogP) is 6.19. The summed E-state index contributed by atoms with van der Waals surface area (Å²) in [4.78, 5) is 17.1. The second kappa shape index (κ2) is 8.32. The predicted molar refractivity (Wildman–Crippen MR) is 136 cm³/mol. The molecule has 35 heavy (non-hydrogen) atoms. The van der Waals surface area contributed by atoms with Crippen molar-refractivity contribution in [1.82, 2.24) is 30.1 Å². The van der Waals surface area contributed by atoms with Gasteiger partial charge in [-0.05, 0) is 55.8 Å². The Morgan fingerprint density at radius 1 is 0.971 bits per heavy atom. The van der Waals surface area contributed by atoms with Crippen molar-refractivity contribution < 1.29 is 4.39 Å². The lowest BCUT2D eigenvalue weighted by atomic mass is 10.0. The smallest absolute Gasteiger partial charge is 0.138 e. The van der Waals surface area contributed by atoms with Gasteiger partial charge in [-0.2, -0.15) is 5.10 Å². The van der Waals surface area contributed by atoms with Gasteiger partial charge in [0.25, 0.3) is 0 Å². The minimum atomic E-state index is -0.276. The number of aromatic amines is 2. The zero-order valence-corrected chi connectivity index (χ0v) is 19.2. The van der Waals surface area contributed by atoms with E-state index in [1.54, 1.807) is 30.7 Å². The SMILES string of the molecule is CC(C)Nc1cncc(-c2ccc3[nH]nc(-c4cc5c(-c6ccccc6F)ccnc5[nH]4)c3n2)c1. The molecule has 0 fully saturated rings. The van der Waals surface area contributed by atoms with Crippen molar-refractivity contribution in [3.05, 3.63) is 79.0 Å². The second-order valence-corrected chi connectivity index (χ2v) is 8.71. The van der Waals surface area contributed by atoms with Gasteiger partial charge in [0, 0.05) is 41.1 Å². The molecule has 1 aromatic carbocycles. The van der Waals surface area contributed by atoms with E-state index < -0.39 is 0 Å². The number of H-pyrrole nitrogens is 2. The Labute approximate surface area is 200 Å². The fourth-order valence-electron chi connectivity index (χ4n) is 4.31. The van der Waals surface area contributed by atoms with E-state index in [0.717, 1.165) is 44.6 Å². The van der Waals surface area contributed by atoms with E-state index in [1.807, 2.05) is 36.4 Å². The summed E-state index contributed by atoms with van der Waals surface area (Å²) >= 11 is 0. The summed E-state index contributed by atoms with van der Waals surface area (Å²) in [6.45, 7) is 4.17. The van der Waals surface area contributed by atoms with Crippen LogP contribution in [0.2, 0.25) is 0 Å². The van der Waals surface area contributed by atoms with Crippen LogP contribution in [0.4, 0.5) is 10.1 Å². The van der Waals surface area contributed by atoms with Crippen LogP contribution in [0, 0.1) is 5.82 Å². The third-order valence-corrected chi connectivity index (χ3v) is 5.85. The highest BCUT2D eigenvalue weighted by Crippen LogP contribution is 2.34. The van der Waals surface area contributed by atoms with Gasteiger partial charge in [-0.1, -0.05) is 18.2 Å². The molecule has 3 N–H and O–H groups in total. The molecule has 5 heterocycles. The largest absolute Gasteiger partial charge is 0.382 e. The van der Waals surface area contributed by atoms with Crippen LogP contribution in [-0.4, -0.2) is 36.2 Å². The maximum absolute atomic E-state index is 14.5.